The van der Waals surface area contributed by atoms with E-state index in [-0.39, 0.29) is 0 Å². The van der Waals surface area contributed by atoms with Crippen LogP contribution in [-0.2, 0) is 0 Å². The van der Waals surface area contributed by atoms with Crippen LogP contribution in [0.2, 0.25) is 0 Å². The molecule has 0 bridgehead atoms. The van der Waals surface area contributed by atoms with Crippen molar-refractivity contribution in [1.29, 1.82) is 5.26 Å². The molecule has 0 radical (unpaired) electrons. The van der Waals surface area contributed by atoms with E-state index in [4.69, 9.17) is 11.0 Å². The minimum atomic E-state index is 0.314. The maximum atomic E-state index is 9.03. The molecule has 3 N–H and O–H groups in total. The Balaban J connectivity index is 2.18. The molecule has 3 heteroatoms. The topological polar surface area (TPSA) is 61.8 Å². The normalized spacial score (nSPS) is 16.6. The van der Waals surface area contributed by atoms with Crippen LogP contribution in [0.4, 0.5) is 5.69 Å². The second kappa shape index (κ2) is 4.54. The van der Waals surface area contributed by atoms with Crippen molar-refractivity contribution in [2.24, 2.45) is 11.7 Å². The van der Waals surface area contributed by atoms with Crippen molar-refractivity contribution in [1.82, 2.24) is 0 Å². The summed E-state index contributed by atoms with van der Waals surface area (Å²) in [4.78, 5) is 0. The Morgan fingerprint density at radius 1 is 1.56 bits per heavy atom. The van der Waals surface area contributed by atoms with Gasteiger partial charge in [0.15, 0.2) is 0 Å². The first-order valence-electron chi connectivity index (χ1n) is 5.72. The maximum Gasteiger partial charge on any atom is 0.101 e. The Morgan fingerprint density at radius 3 is 2.88 bits per heavy atom. The van der Waals surface area contributed by atoms with E-state index in [1.165, 1.54) is 12.8 Å². The predicted molar refractivity (Wildman–Crippen MR) is 65.1 cm³/mol. The van der Waals surface area contributed by atoms with E-state index in [1.807, 2.05) is 25.1 Å². The summed E-state index contributed by atoms with van der Waals surface area (Å²) in [5.74, 6) is 0.692. The largest absolute Gasteiger partial charge is 0.380 e. The molecule has 0 amide bonds. The second-order valence-corrected chi connectivity index (χ2v) is 4.48. The van der Waals surface area contributed by atoms with Crippen molar-refractivity contribution < 1.29 is 0 Å². The second-order valence-electron chi connectivity index (χ2n) is 4.48. The lowest BCUT2D eigenvalue weighted by Crippen LogP contribution is -2.31. The van der Waals surface area contributed by atoms with Gasteiger partial charge in [0.2, 0.25) is 0 Å². The Kier molecular flexibility index (Phi) is 3.12. The molecule has 1 aromatic carbocycles. The highest BCUT2D eigenvalue weighted by Gasteiger charge is 2.30. The lowest BCUT2D eigenvalue weighted by atomic mass is 10.1. The molecule has 0 aromatic heterocycles. The fourth-order valence-corrected chi connectivity index (χ4v) is 1.94. The summed E-state index contributed by atoms with van der Waals surface area (Å²) in [6.07, 6.45) is 2.51. The molecular formula is C13H17N3. The van der Waals surface area contributed by atoms with Crippen LogP contribution in [0, 0.1) is 24.2 Å². The molecule has 0 heterocycles. The molecule has 1 saturated carbocycles. The zero-order valence-corrected chi connectivity index (χ0v) is 9.53. The van der Waals surface area contributed by atoms with Crippen LogP contribution in [0.5, 0.6) is 0 Å². The number of hydrogen-bond donors (Lipinski definition) is 2. The molecule has 1 aromatic rings. The van der Waals surface area contributed by atoms with Crippen LogP contribution in [0.15, 0.2) is 18.2 Å². The van der Waals surface area contributed by atoms with Crippen LogP contribution in [0.25, 0.3) is 0 Å². The molecule has 1 aliphatic rings. The Hall–Kier alpha value is -1.53. The zero-order valence-electron chi connectivity index (χ0n) is 9.53. The average Bonchev–Trinajstić information content (AvgIpc) is 3.10. The van der Waals surface area contributed by atoms with E-state index in [2.05, 4.69) is 11.4 Å². The fourth-order valence-electron chi connectivity index (χ4n) is 1.94. The van der Waals surface area contributed by atoms with Gasteiger partial charge in [0.25, 0.3) is 0 Å². The van der Waals surface area contributed by atoms with Gasteiger partial charge < -0.3 is 11.1 Å². The molecule has 0 saturated heterocycles. The molecule has 2 rings (SSSR count). The van der Waals surface area contributed by atoms with Gasteiger partial charge in [0, 0.05) is 12.6 Å². The Bertz CT molecular complexity index is 416. The SMILES string of the molecule is Cc1ccc(C#N)c(NC(CN)C2CC2)c1. The number of rotatable bonds is 4. The molecule has 16 heavy (non-hydrogen) atoms. The monoisotopic (exact) mass is 215 g/mol. The van der Waals surface area contributed by atoms with Gasteiger partial charge in [-0.25, -0.2) is 0 Å². The third-order valence-corrected chi connectivity index (χ3v) is 3.08. The van der Waals surface area contributed by atoms with Crippen molar-refractivity contribution in [3.8, 4) is 6.07 Å². The van der Waals surface area contributed by atoms with Gasteiger partial charge in [0.1, 0.15) is 6.07 Å². The number of nitrogens with two attached hydrogens (primary N) is 1. The zero-order chi connectivity index (χ0) is 11.5. The third kappa shape index (κ3) is 2.34. The van der Waals surface area contributed by atoms with Crippen molar-refractivity contribution in [3.63, 3.8) is 0 Å². The molecular weight excluding hydrogens is 198 g/mol. The number of anilines is 1. The van der Waals surface area contributed by atoms with Crippen LogP contribution >= 0.6 is 0 Å². The summed E-state index contributed by atoms with van der Waals surface area (Å²) < 4.78 is 0. The van der Waals surface area contributed by atoms with Gasteiger partial charge in [-0.2, -0.15) is 5.26 Å². The number of hydrogen-bond acceptors (Lipinski definition) is 3. The van der Waals surface area contributed by atoms with Crippen molar-refractivity contribution in [2.75, 3.05) is 11.9 Å². The smallest absolute Gasteiger partial charge is 0.101 e. The maximum absolute atomic E-state index is 9.03. The molecule has 84 valence electrons. The number of benzene rings is 1. The molecule has 0 aliphatic heterocycles. The van der Waals surface area contributed by atoms with Crippen molar-refractivity contribution in [3.05, 3.63) is 29.3 Å². The molecule has 0 spiro atoms. The number of nitrogens with zero attached hydrogens (tertiary/aromatic N) is 1. The third-order valence-electron chi connectivity index (χ3n) is 3.08. The van der Waals surface area contributed by atoms with E-state index in [0.29, 0.717) is 24.1 Å². The Morgan fingerprint density at radius 2 is 2.31 bits per heavy atom. The summed E-state index contributed by atoms with van der Waals surface area (Å²) in [6.45, 7) is 2.66. The van der Waals surface area contributed by atoms with Gasteiger partial charge in [-0.05, 0) is 43.4 Å². The summed E-state index contributed by atoms with van der Waals surface area (Å²) >= 11 is 0. The van der Waals surface area contributed by atoms with Gasteiger partial charge in [-0.15, -0.1) is 0 Å². The standard InChI is InChI=1S/C13H17N3/c1-9-2-3-11(7-14)12(6-9)16-13(8-15)10-4-5-10/h2-3,6,10,13,16H,4-5,8,15H2,1H3. The van der Waals surface area contributed by atoms with Crippen molar-refractivity contribution >= 4 is 5.69 Å². The van der Waals surface area contributed by atoms with E-state index in [1.54, 1.807) is 0 Å². The minimum absolute atomic E-state index is 0.314. The first kappa shape index (κ1) is 11.0. The van der Waals surface area contributed by atoms with Gasteiger partial charge >= 0.3 is 0 Å². The van der Waals surface area contributed by atoms with Gasteiger partial charge in [-0.3, -0.25) is 0 Å². The fraction of sp³-hybridized carbons (Fsp3) is 0.462. The first-order valence-corrected chi connectivity index (χ1v) is 5.72. The summed E-state index contributed by atoms with van der Waals surface area (Å²) in [5, 5.41) is 12.4. The van der Waals surface area contributed by atoms with Crippen LogP contribution in [0.1, 0.15) is 24.0 Å². The first-order chi connectivity index (χ1) is 7.74. The quantitative estimate of drug-likeness (QED) is 0.807. The summed E-state index contributed by atoms with van der Waals surface area (Å²) in [7, 11) is 0. The highest BCUT2D eigenvalue weighted by molar-refractivity contribution is 5.59. The number of nitriles is 1. The van der Waals surface area contributed by atoms with Crippen LogP contribution in [0.3, 0.4) is 0 Å². The van der Waals surface area contributed by atoms with E-state index in [9.17, 15) is 0 Å². The van der Waals surface area contributed by atoms with Crippen LogP contribution < -0.4 is 11.1 Å². The van der Waals surface area contributed by atoms with E-state index in [0.717, 1.165) is 11.3 Å². The number of nitrogens with one attached hydrogen (secondary N) is 1. The predicted octanol–water partition coefficient (Wildman–Crippen LogP) is 2.02. The average molecular weight is 215 g/mol. The lowest BCUT2D eigenvalue weighted by Gasteiger charge is -2.18. The molecule has 1 unspecified atom stereocenters. The van der Waals surface area contributed by atoms with Crippen LogP contribution in [-0.4, -0.2) is 12.6 Å². The highest BCUT2D eigenvalue weighted by atomic mass is 15.0. The lowest BCUT2D eigenvalue weighted by molar-refractivity contribution is 0.645. The Labute approximate surface area is 96.3 Å². The van der Waals surface area contributed by atoms with Gasteiger partial charge in [-0.1, -0.05) is 6.07 Å². The molecule has 1 fully saturated rings. The minimum Gasteiger partial charge on any atom is -0.380 e. The van der Waals surface area contributed by atoms with Gasteiger partial charge in [0.05, 0.1) is 11.3 Å². The van der Waals surface area contributed by atoms with E-state index < -0.39 is 0 Å². The summed E-state index contributed by atoms with van der Waals surface area (Å²) in [6, 6.07) is 8.36. The van der Waals surface area contributed by atoms with E-state index >= 15 is 0 Å². The number of aryl methyl sites for hydroxylation is 1. The van der Waals surface area contributed by atoms with Crippen molar-refractivity contribution in [2.45, 2.75) is 25.8 Å². The highest BCUT2D eigenvalue weighted by Crippen LogP contribution is 2.34. The summed E-state index contributed by atoms with van der Waals surface area (Å²) in [5.41, 5.74) is 8.53. The molecule has 3 nitrogen and oxygen atoms in total. The molecule has 1 atom stereocenters. The molecule has 1 aliphatic carbocycles.